The molecule has 1 aliphatic carbocycles. The molecule has 3 rings (SSSR count). The van der Waals surface area contributed by atoms with Gasteiger partial charge in [-0.3, -0.25) is 4.79 Å². The fourth-order valence-corrected chi connectivity index (χ4v) is 3.82. The van der Waals surface area contributed by atoms with E-state index < -0.39 is 0 Å². The number of para-hydroxylation sites is 1. The van der Waals surface area contributed by atoms with E-state index in [1.165, 1.54) is 18.9 Å². The lowest BCUT2D eigenvalue weighted by molar-refractivity contribution is -0.133. The first kappa shape index (κ1) is 18.4. The van der Waals surface area contributed by atoms with Gasteiger partial charge in [-0.25, -0.2) is 4.39 Å². The number of nitrogens with two attached hydrogens (primary N) is 1. The third-order valence-electron chi connectivity index (χ3n) is 5.28. The van der Waals surface area contributed by atoms with E-state index in [2.05, 4.69) is 0 Å². The van der Waals surface area contributed by atoms with Crippen molar-refractivity contribution in [1.29, 1.82) is 0 Å². The molecular formula is C22H27FN2O. The summed E-state index contributed by atoms with van der Waals surface area (Å²) in [4.78, 5) is 14.9. The summed E-state index contributed by atoms with van der Waals surface area (Å²) in [6, 6.07) is 14.7. The second kappa shape index (κ2) is 8.84. The number of anilines is 1. The zero-order valence-corrected chi connectivity index (χ0v) is 15.2. The highest BCUT2D eigenvalue weighted by Crippen LogP contribution is 2.25. The molecule has 0 bridgehead atoms. The minimum atomic E-state index is -0.221. The normalized spacial score (nSPS) is 14.5. The van der Waals surface area contributed by atoms with Crippen LogP contribution in [0.15, 0.2) is 48.5 Å². The van der Waals surface area contributed by atoms with Gasteiger partial charge in [-0.15, -0.1) is 0 Å². The molecule has 1 amide bonds. The number of hydrogen-bond acceptors (Lipinski definition) is 2. The van der Waals surface area contributed by atoms with Gasteiger partial charge >= 0.3 is 0 Å². The molecule has 0 radical (unpaired) electrons. The number of carbonyl (C=O) groups excluding carboxylic acids is 1. The molecule has 0 heterocycles. The average Bonchev–Trinajstić information content (AvgIpc) is 3.16. The number of nitrogens with zero attached hydrogens (tertiary/aromatic N) is 1. The first-order chi connectivity index (χ1) is 12.6. The summed E-state index contributed by atoms with van der Waals surface area (Å²) in [5.41, 5.74) is 8.70. The SMILES string of the molecule is Nc1ccccc1CCC(=O)N(CCc1cccc(F)c1)C1CCCC1. The Labute approximate surface area is 155 Å². The number of carbonyl (C=O) groups is 1. The highest BCUT2D eigenvalue weighted by molar-refractivity contribution is 5.77. The lowest BCUT2D eigenvalue weighted by atomic mass is 10.1. The van der Waals surface area contributed by atoms with E-state index in [-0.39, 0.29) is 11.7 Å². The van der Waals surface area contributed by atoms with Crippen molar-refractivity contribution in [3.8, 4) is 0 Å². The van der Waals surface area contributed by atoms with Crippen molar-refractivity contribution in [2.24, 2.45) is 0 Å². The monoisotopic (exact) mass is 354 g/mol. The molecule has 1 fully saturated rings. The van der Waals surface area contributed by atoms with E-state index >= 15 is 0 Å². The second-order valence-corrected chi connectivity index (χ2v) is 7.10. The van der Waals surface area contributed by atoms with Gasteiger partial charge in [0.25, 0.3) is 0 Å². The Morgan fingerprint density at radius 1 is 1.08 bits per heavy atom. The first-order valence-corrected chi connectivity index (χ1v) is 9.51. The molecule has 2 aromatic carbocycles. The predicted molar refractivity (Wildman–Crippen MR) is 103 cm³/mol. The molecule has 0 unspecified atom stereocenters. The number of halogens is 1. The highest BCUT2D eigenvalue weighted by Gasteiger charge is 2.26. The Hall–Kier alpha value is -2.36. The average molecular weight is 354 g/mol. The Morgan fingerprint density at radius 2 is 1.85 bits per heavy atom. The van der Waals surface area contributed by atoms with Gasteiger partial charge < -0.3 is 10.6 Å². The van der Waals surface area contributed by atoms with Gasteiger partial charge in [0, 0.05) is 24.7 Å². The minimum Gasteiger partial charge on any atom is -0.399 e. The molecule has 138 valence electrons. The van der Waals surface area contributed by atoms with Crippen LogP contribution in [0.25, 0.3) is 0 Å². The van der Waals surface area contributed by atoms with Crippen LogP contribution in [-0.4, -0.2) is 23.4 Å². The molecule has 0 atom stereocenters. The zero-order valence-electron chi connectivity index (χ0n) is 15.2. The van der Waals surface area contributed by atoms with E-state index in [9.17, 15) is 9.18 Å². The summed E-state index contributed by atoms with van der Waals surface area (Å²) in [5, 5.41) is 0. The van der Waals surface area contributed by atoms with Crippen LogP contribution >= 0.6 is 0 Å². The van der Waals surface area contributed by atoms with Crippen molar-refractivity contribution in [1.82, 2.24) is 4.90 Å². The van der Waals surface area contributed by atoms with Crippen LogP contribution in [0.1, 0.15) is 43.2 Å². The van der Waals surface area contributed by atoms with Gasteiger partial charge in [0.2, 0.25) is 5.91 Å². The Balaban J connectivity index is 1.63. The van der Waals surface area contributed by atoms with Crippen LogP contribution in [0, 0.1) is 5.82 Å². The van der Waals surface area contributed by atoms with Crippen LogP contribution in [0.4, 0.5) is 10.1 Å². The zero-order chi connectivity index (χ0) is 18.4. The van der Waals surface area contributed by atoms with Crippen molar-refractivity contribution in [3.63, 3.8) is 0 Å². The van der Waals surface area contributed by atoms with Crippen molar-refractivity contribution in [2.45, 2.75) is 51.0 Å². The van der Waals surface area contributed by atoms with E-state index in [4.69, 9.17) is 5.73 Å². The summed E-state index contributed by atoms with van der Waals surface area (Å²) >= 11 is 0. The van der Waals surface area contributed by atoms with E-state index in [1.54, 1.807) is 12.1 Å². The molecule has 26 heavy (non-hydrogen) atoms. The maximum Gasteiger partial charge on any atom is 0.223 e. The van der Waals surface area contributed by atoms with Crippen LogP contribution in [0.5, 0.6) is 0 Å². The fraction of sp³-hybridized carbons (Fsp3) is 0.409. The molecular weight excluding hydrogens is 327 g/mol. The van der Waals surface area contributed by atoms with Gasteiger partial charge in [-0.05, 0) is 55.0 Å². The molecule has 0 aliphatic heterocycles. The summed E-state index contributed by atoms with van der Waals surface area (Å²) < 4.78 is 13.4. The molecule has 2 N–H and O–H groups in total. The maximum absolute atomic E-state index is 13.4. The number of aryl methyl sites for hydroxylation is 1. The molecule has 4 heteroatoms. The van der Waals surface area contributed by atoms with Gasteiger partial charge in [-0.2, -0.15) is 0 Å². The topological polar surface area (TPSA) is 46.3 Å². The molecule has 0 spiro atoms. The summed E-state index contributed by atoms with van der Waals surface area (Å²) in [6.07, 6.45) is 6.32. The van der Waals surface area contributed by atoms with Crippen molar-refractivity contribution < 1.29 is 9.18 Å². The molecule has 3 nitrogen and oxygen atoms in total. The van der Waals surface area contributed by atoms with Crippen LogP contribution < -0.4 is 5.73 Å². The van der Waals surface area contributed by atoms with Crippen molar-refractivity contribution in [2.75, 3.05) is 12.3 Å². The largest absolute Gasteiger partial charge is 0.399 e. The number of amides is 1. The molecule has 0 saturated heterocycles. The fourth-order valence-electron chi connectivity index (χ4n) is 3.82. The smallest absolute Gasteiger partial charge is 0.223 e. The first-order valence-electron chi connectivity index (χ1n) is 9.51. The third-order valence-corrected chi connectivity index (χ3v) is 5.28. The lowest BCUT2D eigenvalue weighted by Crippen LogP contribution is -2.40. The minimum absolute atomic E-state index is 0.177. The molecule has 2 aromatic rings. The Bertz CT molecular complexity index is 740. The summed E-state index contributed by atoms with van der Waals surface area (Å²) in [6.45, 7) is 0.650. The Morgan fingerprint density at radius 3 is 2.58 bits per heavy atom. The van der Waals surface area contributed by atoms with Crippen molar-refractivity contribution in [3.05, 3.63) is 65.5 Å². The lowest BCUT2D eigenvalue weighted by Gasteiger charge is -2.29. The third kappa shape index (κ3) is 4.84. The number of hydrogen-bond donors (Lipinski definition) is 1. The summed E-state index contributed by atoms with van der Waals surface area (Å²) in [7, 11) is 0. The maximum atomic E-state index is 13.4. The van der Waals surface area contributed by atoms with Crippen molar-refractivity contribution >= 4 is 11.6 Å². The molecule has 1 aliphatic rings. The Kier molecular flexibility index (Phi) is 6.26. The van der Waals surface area contributed by atoms with Crippen LogP contribution in [0.2, 0.25) is 0 Å². The number of nitrogen functional groups attached to an aromatic ring is 1. The highest BCUT2D eigenvalue weighted by atomic mass is 19.1. The van der Waals surface area contributed by atoms with E-state index in [0.717, 1.165) is 29.7 Å². The number of benzene rings is 2. The number of rotatable bonds is 7. The predicted octanol–water partition coefficient (Wildman–Crippen LogP) is 4.35. The quantitative estimate of drug-likeness (QED) is 0.751. The second-order valence-electron chi connectivity index (χ2n) is 7.10. The van der Waals surface area contributed by atoms with Crippen LogP contribution in [0.3, 0.4) is 0 Å². The van der Waals surface area contributed by atoms with Gasteiger partial charge in [-0.1, -0.05) is 43.2 Å². The molecule has 0 aromatic heterocycles. The summed E-state index contributed by atoms with van der Waals surface area (Å²) in [5.74, 6) is -0.0441. The standard InChI is InChI=1S/C22H27FN2O/c23-19-8-5-6-17(16-19)14-15-25(20-9-2-3-10-20)22(26)13-12-18-7-1-4-11-21(18)24/h1,4-8,11,16,20H,2-3,9-10,12-15,24H2. The molecule has 1 saturated carbocycles. The van der Waals surface area contributed by atoms with Gasteiger partial charge in [0.15, 0.2) is 0 Å². The van der Waals surface area contributed by atoms with E-state index in [1.807, 2.05) is 35.2 Å². The van der Waals surface area contributed by atoms with E-state index in [0.29, 0.717) is 31.8 Å². The van der Waals surface area contributed by atoms with Gasteiger partial charge in [0.1, 0.15) is 5.82 Å². The van der Waals surface area contributed by atoms with Crippen LogP contribution in [-0.2, 0) is 17.6 Å². The van der Waals surface area contributed by atoms with Gasteiger partial charge in [0.05, 0.1) is 0 Å².